The van der Waals surface area contributed by atoms with Crippen molar-refractivity contribution in [3.8, 4) is 0 Å². The minimum atomic E-state index is 0.362. The van der Waals surface area contributed by atoms with Crippen LogP contribution in [0.15, 0.2) is 0 Å². The second kappa shape index (κ2) is 5.50. The average molecular weight is 224 g/mol. The van der Waals surface area contributed by atoms with E-state index >= 15 is 0 Å². The monoisotopic (exact) mass is 224 g/mol. The van der Waals surface area contributed by atoms with E-state index in [4.69, 9.17) is 5.73 Å². The normalized spacial score (nSPS) is 35.4. The molecule has 4 unspecified atom stereocenters. The maximum absolute atomic E-state index is 6.23. The van der Waals surface area contributed by atoms with Gasteiger partial charge in [-0.15, -0.1) is 0 Å². The summed E-state index contributed by atoms with van der Waals surface area (Å²) in [6, 6.07) is 1.80. The molecule has 94 valence electrons. The van der Waals surface area contributed by atoms with Crippen LogP contribution in [0.1, 0.15) is 58.8 Å². The molecule has 4 atom stereocenters. The average Bonchev–Trinajstić information content (AvgIpc) is 2.36. The van der Waals surface area contributed by atoms with Crippen molar-refractivity contribution in [3.05, 3.63) is 0 Å². The molecular weight excluding hydrogens is 196 g/mol. The molecule has 1 heterocycles. The van der Waals surface area contributed by atoms with Crippen molar-refractivity contribution >= 4 is 0 Å². The van der Waals surface area contributed by atoms with E-state index < -0.39 is 0 Å². The Labute approximate surface area is 101 Å². The lowest BCUT2D eigenvalue weighted by molar-refractivity contribution is 0.0228. The van der Waals surface area contributed by atoms with Gasteiger partial charge in [-0.25, -0.2) is 0 Å². The molecule has 1 saturated carbocycles. The van der Waals surface area contributed by atoms with Crippen LogP contribution in [0.25, 0.3) is 0 Å². The predicted molar refractivity (Wildman–Crippen MR) is 69.4 cm³/mol. The molecule has 2 fully saturated rings. The SMILES string of the molecule is CCC(N)C(C)N1CCCC2CCCCC21. The van der Waals surface area contributed by atoms with Gasteiger partial charge in [0.25, 0.3) is 0 Å². The Balaban J connectivity index is 2.01. The fourth-order valence-corrected chi connectivity index (χ4v) is 3.76. The molecule has 1 aliphatic carbocycles. The van der Waals surface area contributed by atoms with Crippen molar-refractivity contribution < 1.29 is 0 Å². The highest BCUT2D eigenvalue weighted by molar-refractivity contribution is 4.91. The van der Waals surface area contributed by atoms with Crippen molar-refractivity contribution in [1.29, 1.82) is 0 Å². The largest absolute Gasteiger partial charge is 0.326 e. The summed E-state index contributed by atoms with van der Waals surface area (Å²) < 4.78 is 0. The Kier molecular flexibility index (Phi) is 4.26. The number of hydrogen-bond acceptors (Lipinski definition) is 2. The van der Waals surface area contributed by atoms with Crippen molar-refractivity contribution in [2.75, 3.05) is 6.54 Å². The first kappa shape index (κ1) is 12.4. The topological polar surface area (TPSA) is 29.3 Å². The van der Waals surface area contributed by atoms with Gasteiger partial charge < -0.3 is 5.73 Å². The van der Waals surface area contributed by atoms with Crippen molar-refractivity contribution in [1.82, 2.24) is 4.90 Å². The Morgan fingerprint density at radius 1 is 1.19 bits per heavy atom. The quantitative estimate of drug-likeness (QED) is 0.798. The van der Waals surface area contributed by atoms with Crippen LogP contribution in [0, 0.1) is 5.92 Å². The van der Waals surface area contributed by atoms with Crippen LogP contribution in [0.4, 0.5) is 0 Å². The van der Waals surface area contributed by atoms with Gasteiger partial charge in [-0.05, 0) is 51.5 Å². The minimum Gasteiger partial charge on any atom is -0.326 e. The van der Waals surface area contributed by atoms with Gasteiger partial charge in [0.15, 0.2) is 0 Å². The van der Waals surface area contributed by atoms with Crippen molar-refractivity contribution in [2.45, 2.75) is 76.9 Å². The minimum absolute atomic E-state index is 0.362. The first-order valence-electron chi connectivity index (χ1n) is 7.25. The molecule has 0 radical (unpaired) electrons. The van der Waals surface area contributed by atoms with Gasteiger partial charge in [-0.3, -0.25) is 4.90 Å². The summed E-state index contributed by atoms with van der Waals surface area (Å²) in [5, 5.41) is 0. The lowest BCUT2D eigenvalue weighted by Gasteiger charge is -2.48. The van der Waals surface area contributed by atoms with Gasteiger partial charge in [0.05, 0.1) is 0 Å². The van der Waals surface area contributed by atoms with Crippen molar-refractivity contribution in [3.63, 3.8) is 0 Å². The van der Waals surface area contributed by atoms with Crippen LogP contribution in [0.5, 0.6) is 0 Å². The second-order valence-corrected chi connectivity index (χ2v) is 5.80. The third-order valence-electron chi connectivity index (χ3n) is 4.90. The number of likely N-dealkylation sites (tertiary alicyclic amines) is 1. The number of fused-ring (bicyclic) bond motifs is 1. The molecule has 0 spiro atoms. The number of rotatable bonds is 3. The molecule has 0 amide bonds. The van der Waals surface area contributed by atoms with Crippen LogP contribution >= 0.6 is 0 Å². The molecule has 1 aliphatic heterocycles. The fraction of sp³-hybridized carbons (Fsp3) is 1.00. The molecule has 2 N–H and O–H groups in total. The van der Waals surface area contributed by atoms with E-state index in [9.17, 15) is 0 Å². The van der Waals surface area contributed by atoms with E-state index in [0.717, 1.165) is 18.4 Å². The van der Waals surface area contributed by atoms with Crippen LogP contribution in [0.2, 0.25) is 0 Å². The molecule has 0 aromatic carbocycles. The molecule has 0 aromatic heterocycles. The second-order valence-electron chi connectivity index (χ2n) is 5.80. The summed E-state index contributed by atoms with van der Waals surface area (Å²) >= 11 is 0. The van der Waals surface area contributed by atoms with Gasteiger partial charge in [0.1, 0.15) is 0 Å². The first-order chi connectivity index (χ1) is 7.74. The predicted octanol–water partition coefficient (Wildman–Crippen LogP) is 2.77. The third-order valence-corrected chi connectivity index (χ3v) is 4.90. The van der Waals surface area contributed by atoms with E-state index in [1.54, 1.807) is 0 Å². The summed E-state index contributed by atoms with van der Waals surface area (Å²) in [4.78, 5) is 2.74. The lowest BCUT2D eigenvalue weighted by atomic mass is 9.77. The van der Waals surface area contributed by atoms with Crippen LogP contribution < -0.4 is 5.73 Å². The molecule has 2 rings (SSSR count). The molecule has 1 saturated heterocycles. The Morgan fingerprint density at radius 3 is 2.62 bits per heavy atom. The Morgan fingerprint density at radius 2 is 1.88 bits per heavy atom. The van der Waals surface area contributed by atoms with Gasteiger partial charge in [0.2, 0.25) is 0 Å². The van der Waals surface area contributed by atoms with E-state index in [-0.39, 0.29) is 0 Å². The van der Waals surface area contributed by atoms with Crippen LogP contribution in [-0.4, -0.2) is 29.6 Å². The molecule has 2 nitrogen and oxygen atoms in total. The summed E-state index contributed by atoms with van der Waals surface area (Å²) in [6.45, 7) is 5.84. The zero-order valence-corrected chi connectivity index (χ0v) is 11.0. The standard InChI is InChI=1S/C14H28N2/c1-3-13(15)11(2)16-10-6-8-12-7-4-5-9-14(12)16/h11-14H,3-10,15H2,1-2H3. The summed E-state index contributed by atoms with van der Waals surface area (Å²) in [5.41, 5.74) is 6.23. The smallest absolute Gasteiger partial charge is 0.0221 e. The fourth-order valence-electron chi connectivity index (χ4n) is 3.76. The highest BCUT2D eigenvalue weighted by Crippen LogP contribution is 2.36. The Hall–Kier alpha value is -0.0800. The molecule has 2 heteroatoms. The summed E-state index contributed by atoms with van der Waals surface area (Å²) in [7, 11) is 0. The highest BCUT2D eigenvalue weighted by Gasteiger charge is 2.36. The van der Waals surface area contributed by atoms with Gasteiger partial charge in [-0.2, -0.15) is 0 Å². The molecule has 2 aliphatic rings. The van der Waals surface area contributed by atoms with Crippen LogP contribution in [0.3, 0.4) is 0 Å². The zero-order chi connectivity index (χ0) is 11.5. The number of nitrogens with zero attached hydrogens (tertiary/aromatic N) is 1. The van der Waals surface area contributed by atoms with E-state index in [0.29, 0.717) is 12.1 Å². The maximum atomic E-state index is 6.23. The molecular formula is C14H28N2. The molecule has 0 bridgehead atoms. The van der Waals surface area contributed by atoms with Gasteiger partial charge in [0, 0.05) is 18.1 Å². The first-order valence-corrected chi connectivity index (χ1v) is 7.25. The van der Waals surface area contributed by atoms with E-state index in [1.807, 2.05) is 0 Å². The summed E-state index contributed by atoms with van der Waals surface area (Å²) in [5.74, 6) is 0.981. The lowest BCUT2D eigenvalue weighted by Crippen LogP contribution is -2.55. The number of piperidine rings is 1. The number of nitrogens with two attached hydrogens (primary N) is 1. The maximum Gasteiger partial charge on any atom is 0.0221 e. The zero-order valence-electron chi connectivity index (χ0n) is 11.0. The van der Waals surface area contributed by atoms with Crippen molar-refractivity contribution in [2.24, 2.45) is 11.7 Å². The van der Waals surface area contributed by atoms with Gasteiger partial charge in [-0.1, -0.05) is 19.8 Å². The van der Waals surface area contributed by atoms with Gasteiger partial charge >= 0.3 is 0 Å². The van der Waals surface area contributed by atoms with Crippen LogP contribution in [-0.2, 0) is 0 Å². The number of hydrogen-bond donors (Lipinski definition) is 1. The Bertz CT molecular complexity index is 215. The molecule has 0 aromatic rings. The highest BCUT2D eigenvalue weighted by atomic mass is 15.2. The molecule has 16 heavy (non-hydrogen) atoms. The van der Waals surface area contributed by atoms with E-state index in [2.05, 4.69) is 18.7 Å². The van der Waals surface area contributed by atoms with E-state index in [1.165, 1.54) is 45.1 Å². The third kappa shape index (κ3) is 2.43. The summed E-state index contributed by atoms with van der Waals surface area (Å²) in [6.07, 6.45) is 9.75.